The Morgan fingerprint density at radius 3 is 2.38 bits per heavy atom. The van der Waals surface area contributed by atoms with Crippen LogP contribution in [0.15, 0.2) is 57.7 Å². The van der Waals surface area contributed by atoms with Crippen molar-refractivity contribution in [3.8, 4) is 17.0 Å². The lowest BCUT2D eigenvalue weighted by Gasteiger charge is -2.13. The van der Waals surface area contributed by atoms with Gasteiger partial charge < -0.3 is 9.30 Å². The number of nitrogens with zero attached hydrogens (tertiary/aromatic N) is 3. The second-order valence-electron chi connectivity index (χ2n) is 6.24. The Bertz CT molecular complexity index is 1170. The first-order valence-electron chi connectivity index (χ1n) is 8.29. The van der Waals surface area contributed by atoms with Crippen LogP contribution in [0.25, 0.3) is 11.3 Å². The number of benzene rings is 2. The fraction of sp³-hybridized carbons (Fsp3) is 0.211. The zero-order chi connectivity index (χ0) is 20.5. The molecule has 156 valence electrons. The summed E-state index contributed by atoms with van der Waals surface area (Å²) in [4.78, 5) is 5.58. The number of aromatic nitrogens is 1. The van der Waals surface area contributed by atoms with Crippen LogP contribution >= 0.6 is 39.9 Å². The van der Waals surface area contributed by atoms with Gasteiger partial charge in [0.25, 0.3) is 0 Å². The molecule has 0 aliphatic heterocycles. The summed E-state index contributed by atoms with van der Waals surface area (Å²) >= 11 is 7.67. The van der Waals surface area contributed by atoms with E-state index in [-0.39, 0.29) is 21.9 Å². The molecule has 1 aromatic heterocycles. The number of methoxy groups -OCH3 is 1. The Balaban J connectivity index is 0.00000300. The molecule has 3 aromatic rings. The Morgan fingerprint density at radius 2 is 1.79 bits per heavy atom. The lowest BCUT2D eigenvalue weighted by molar-refractivity contribution is 0.415. The van der Waals surface area contributed by atoms with Crippen LogP contribution in [0.5, 0.6) is 5.75 Å². The van der Waals surface area contributed by atoms with E-state index in [1.807, 2.05) is 41.3 Å². The lowest BCUT2D eigenvalue weighted by Crippen LogP contribution is -2.22. The highest BCUT2D eigenvalue weighted by atomic mass is 79.9. The zero-order valence-corrected chi connectivity index (χ0v) is 20.4. The van der Waals surface area contributed by atoms with Crippen LogP contribution in [-0.4, -0.2) is 38.5 Å². The Kier molecular flexibility index (Phi) is 7.69. The summed E-state index contributed by atoms with van der Waals surface area (Å²) in [6.07, 6.45) is 0. The maximum atomic E-state index is 12.5. The molecule has 0 fully saturated rings. The number of halogens is 2. The minimum absolute atomic E-state index is 0. The molecule has 0 saturated carbocycles. The smallest absolute Gasteiger partial charge is 0.242 e. The van der Waals surface area contributed by atoms with Gasteiger partial charge in [-0.1, -0.05) is 11.6 Å². The van der Waals surface area contributed by atoms with E-state index in [9.17, 15) is 8.42 Å². The lowest BCUT2D eigenvalue weighted by atomic mass is 10.2. The van der Waals surface area contributed by atoms with E-state index in [0.29, 0.717) is 10.6 Å². The highest BCUT2D eigenvalue weighted by Gasteiger charge is 2.19. The molecule has 29 heavy (non-hydrogen) atoms. The first-order chi connectivity index (χ1) is 13.2. The molecule has 10 heteroatoms. The van der Waals surface area contributed by atoms with Crippen molar-refractivity contribution >= 4 is 55.6 Å². The van der Waals surface area contributed by atoms with Crippen LogP contribution in [0, 0.1) is 0 Å². The third-order valence-electron chi connectivity index (χ3n) is 4.17. The molecule has 0 saturated heterocycles. The van der Waals surface area contributed by atoms with Gasteiger partial charge in [0, 0.05) is 37.1 Å². The summed E-state index contributed by atoms with van der Waals surface area (Å²) in [5, 5.41) is 2.29. The molecule has 0 N–H and O–H groups in total. The van der Waals surface area contributed by atoms with Crippen LogP contribution in [0.4, 0.5) is 5.69 Å². The van der Waals surface area contributed by atoms with Crippen molar-refractivity contribution in [2.45, 2.75) is 4.90 Å². The van der Waals surface area contributed by atoms with E-state index in [1.54, 1.807) is 19.2 Å². The van der Waals surface area contributed by atoms with Gasteiger partial charge in [-0.25, -0.2) is 17.7 Å². The Morgan fingerprint density at radius 1 is 1.14 bits per heavy atom. The van der Waals surface area contributed by atoms with Crippen molar-refractivity contribution in [2.24, 2.45) is 12.0 Å². The molecule has 6 nitrogen and oxygen atoms in total. The fourth-order valence-electron chi connectivity index (χ4n) is 2.57. The standard InChI is InChI=1S/C19H20ClN3O3S2.BrH/c1-22(2)28(24,25)17-10-13(9-14(20)11-17)18-12-27-19(23(18)3)21-15-5-7-16(26-4)8-6-15;/h5-12H,1-4H3;1H. The average molecular weight is 519 g/mol. The highest BCUT2D eigenvalue weighted by Crippen LogP contribution is 2.28. The SMILES string of the molecule is Br.COc1ccc(N=c2scc(-c3cc(Cl)cc(S(=O)(=O)N(C)C)c3)n2C)cc1. The summed E-state index contributed by atoms with van der Waals surface area (Å²) < 4.78 is 33.2. The number of rotatable bonds is 5. The third-order valence-corrected chi connectivity index (χ3v) is 7.10. The van der Waals surface area contributed by atoms with E-state index < -0.39 is 10.0 Å². The van der Waals surface area contributed by atoms with Crippen molar-refractivity contribution in [3.05, 3.63) is 57.7 Å². The second kappa shape index (κ2) is 9.44. The molecule has 0 spiro atoms. The van der Waals surface area contributed by atoms with Crippen molar-refractivity contribution in [3.63, 3.8) is 0 Å². The van der Waals surface area contributed by atoms with Gasteiger partial charge in [-0.05, 0) is 42.5 Å². The second-order valence-corrected chi connectivity index (χ2v) is 9.66. The van der Waals surface area contributed by atoms with Gasteiger partial charge in [0.2, 0.25) is 10.0 Å². The first-order valence-corrected chi connectivity index (χ1v) is 11.0. The maximum absolute atomic E-state index is 12.5. The highest BCUT2D eigenvalue weighted by molar-refractivity contribution is 8.93. The summed E-state index contributed by atoms with van der Waals surface area (Å²) in [7, 11) is 2.90. The molecule has 3 rings (SSSR count). The molecule has 0 atom stereocenters. The van der Waals surface area contributed by atoms with Gasteiger partial charge in [-0.15, -0.1) is 28.3 Å². The van der Waals surface area contributed by atoms with Crippen molar-refractivity contribution in [1.29, 1.82) is 0 Å². The molecule has 0 unspecified atom stereocenters. The monoisotopic (exact) mass is 517 g/mol. The number of hydrogen-bond donors (Lipinski definition) is 0. The Labute approximate surface area is 189 Å². The van der Waals surface area contributed by atoms with Crippen molar-refractivity contribution in [2.75, 3.05) is 21.2 Å². The summed E-state index contributed by atoms with van der Waals surface area (Å²) in [5.74, 6) is 0.767. The van der Waals surface area contributed by atoms with E-state index in [4.69, 9.17) is 16.3 Å². The number of sulfonamides is 1. The first kappa shape index (κ1) is 23.6. The van der Waals surface area contributed by atoms with E-state index >= 15 is 0 Å². The molecular weight excluding hydrogens is 498 g/mol. The minimum Gasteiger partial charge on any atom is -0.497 e. The van der Waals surface area contributed by atoms with Crippen LogP contribution in [-0.2, 0) is 17.1 Å². The molecule has 0 aliphatic carbocycles. The predicted octanol–water partition coefficient (Wildman–Crippen LogP) is 4.48. The molecule has 2 aromatic carbocycles. The summed E-state index contributed by atoms with van der Waals surface area (Å²) in [5.41, 5.74) is 2.34. The van der Waals surface area contributed by atoms with Gasteiger partial charge in [0.15, 0.2) is 4.80 Å². The topological polar surface area (TPSA) is 63.9 Å². The van der Waals surface area contributed by atoms with Gasteiger partial charge in [0.05, 0.1) is 23.4 Å². The third kappa shape index (κ3) is 5.10. The molecule has 1 heterocycles. The maximum Gasteiger partial charge on any atom is 0.242 e. The fourth-order valence-corrected chi connectivity index (χ4v) is 4.77. The van der Waals surface area contributed by atoms with Gasteiger partial charge in [-0.3, -0.25) is 0 Å². The van der Waals surface area contributed by atoms with Crippen LogP contribution in [0.2, 0.25) is 5.02 Å². The van der Waals surface area contributed by atoms with E-state index in [1.165, 1.54) is 35.8 Å². The number of ether oxygens (including phenoxy) is 1. The molecule has 0 amide bonds. The largest absolute Gasteiger partial charge is 0.497 e. The van der Waals surface area contributed by atoms with Crippen LogP contribution in [0.3, 0.4) is 0 Å². The number of thiazole rings is 1. The molecule has 0 bridgehead atoms. The zero-order valence-electron chi connectivity index (χ0n) is 16.3. The molecule has 0 aliphatic rings. The normalized spacial score (nSPS) is 12.1. The summed E-state index contributed by atoms with van der Waals surface area (Å²) in [6.45, 7) is 0. The van der Waals surface area contributed by atoms with Crippen molar-refractivity contribution in [1.82, 2.24) is 8.87 Å². The van der Waals surface area contributed by atoms with Crippen molar-refractivity contribution < 1.29 is 13.2 Å². The molecule has 0 radical (unpaired) electrons. The minimum atomic E-state index is -3.58. The van der Waals surface area contributed by atoms with Gasteiger partial charge in [0.1, 0.15) is 5.75 Å². The molecular formula is C19H21BrClN3O3S2. The Hall–Kier alpha value is -1.65. The van der Waals surface area contributed by atoms with Crippen LogP contribution in [0.1, 0.15) is 0 Å². The quantitative estimate of drug-likeness (QED) is 0.500. The predicted molar refractivity (Wildman–Crippen MR) is 123 cm³/mol. The van der Waals surface area contributed by atoms with Gasteiger partial charge >= 0.3 is 0 Å². The number of hydrogen-bond acceptors (Lipinski definition) is 5. The van der Waals surface area contributed by atoms with E-state index in [2.05, 4.69) is 4.99 Å². The van der Waals surface area contributed by atoms with E-state index in [0.717, 1.165) is 21.9 Å². The van der Waals surface area contributed by atoms with Crippen LogP contribution < -0.4 is 9.54 Å². The summed E-state index contributed by atoms with van der Waals surface area (Å²) in [6, 6.07) is 12.3. The van der Waals surface area contributed by atoms with Gasteiger partial charge in [-0.2, -0.15) is 0 Å². The average Bonchev–Trinajstić information content (AvgIpc) is 3.02.